The number of likely N-dealkylation sites (N-methyl/N-ethyl adjacent to an activating group) is 1. The fraction of sp³-hybridized carbons (Fsp3) is 0.940. The molecule has 0 amide bonds. The van der Waals surface area contributed by atoms with Crippen molar-refractivity contribution in [2.75, 3.05) is 54.1 Å². The van der Waals surface area contributed by atoms with Crippen LogP contribution in [0.2, 0.25) is 0 Å². The molecule has 0 aliphatic rings. The number of phosphoric ester groups is 1. The van der Waals surface area contributed by atoms with Crippen molar-refractivity contribution in [3.8, 4) is 0 Å². The summed E-state index contributed by atoms with van der Waals surface area (Å²) in [5.41, 5.74) is 0. The summed E-state index contributed by atoms with van der Waals surface area (Å²) >= 11 is 0. The first-order valence-corrected chi connectivity index (χ1v) is 26.9. The zero-order valence-corrected chi connectivity index (χ0v) is 40.9. The molecule has 0 saturated carbocycles. The number of ether oxygens (including phenoxy) is 2. The molecule has 8 nitrogen and oxygen atoms in total. The Morgan fingerprint density at radius 2 is 0.881 bits per heavy atom. The predicted octanol–water partition coefficient (Wildman–Crippen LogP) is 14.8. The smallest absolute Gasteiger partial charge is 0.306 e. The Bertz CT molecular complexity index is 956. The summed E-state index contributed by atoms with van der Waals surface area (Å²) in [6.07, 6.45) is 49.6. The van der Waals surface area contributed by atoms with Crippen LogP contribution in [0.15, 0.2) is 12.2 Å². The number of carbonyl (C=O) groups is 1. The second kappa shape index (κ2) is 43.9. The second-order valence-corrected chi connectivity index (χ2v) is 19.9. The molecular formula is C50H100NO7P. The number of esters is 1. The van der Waals surface area contributed by atoms with Gasteiger partial charge in [-0.1, -0.05) is 212 Å². The van der Waals surface area contributed by atoms with E-state index in [9.17, 15) is 14.3 Å². The first-order chi connectivity index (χ1) is 28.6. The average molecular weight is 858 g/mol. The van der Waals surface area contributed by atoms with Gasteiger partial charge in [-0.05, 0) is 38.5 Å². The minimum absolute atomic E-state index is 0.0278. The monoisotopic (exact) mass is 858 g/mol. The maximum absolute atomic E-state index is 12.7. The van der Waals surface area contributed by atoms with Gasteiger partial charge < -0.3 is 27.9 Å². The van der Waals surface area contributed by atoms with Gasteiger partial charge in [-0.15, -0.1) is 0 Å². The fourth-order valence-electron chi connectivity index (χ4n) is 7.37. The summed E-state index contributed by atoms with van der Waals surface area (Å²) in [6, 6.07) is 0. The molecule has 0 aliphatic heterocycles. The zero-order chi connectivity index (χ0) is 43.4. The Balaban J connectivity index is 3.99. The Morgan fingerprint density at radius 1 is 0.508 bits per heavy atom. The number of hydrogen-bond donors (Lipinski definition) is 0. The maximum Gasteiger partial charge on any atom is 0.306 e. The first-order valence-electron chi connectivity index (χ1n) is 25.4. The zero-order valence-electron chi connectivity index (χ0n) is 40.0. The number of carbonyl (C=O) groups excluding carboxylic acids is 1. The average Bonchev–Trinajstić information content (AvgIpc) is 3.19. The van der Waals surface area contributed by atoms with E-state index in [-0.39, 0.29) is 25.8 Å². The highest BCUT2D eigenvalue weighted by molar-refractivity contribution is 7.45. The highest BCUT2D eigenvalue weighted by Crippen LogP contribution is 2.38. The van der Waals surface area contributed by atoms with Crippen LogP contribution in [-0.4, -0.2) is 70.7 Å². The highest BCUT2D eigenvalue weighted by Gasteiger charge is 2.20. The Morgan fingerprint density at radius 3 is 1.32 bits per heavy atom. The van der Waals surface area contributed by atoms with Crippen LogP contribution < -0.4 is 4.89 Å². The van der Waals surface area contributed by atoms with Gasteiger partial charge >= 0.3 is 5.97 Å². The Kier molecular flexibility index (Phi) is 43.3. The number of unbranched alkanes of at least 4 members (excludes halogenated alkanes) is 32. The number of quaternary nitrogens is 1. The van der Waals surface area contributed by atoms with Crippen molar-refractivity contribution in [3.63, 3.8) is 0 Å². The third-order valence-electron chi connectivity index (χ3n) is 11.3. The molecule has 2 atom stereocenters. The van der Waals surface area contributed by atoms with Gasteiger partial charge in [0.1, 0.15) is 19.3 Å². The van der Waals surface area contributed by atoms with Crippen molar-refractivity contribution < 1.29 is 37.3 Å². The van der Waals surface area contributed by atoms with Gasteiger partial charge in [0.05, 0.1) is 34.4 Å². The summed E-state index contributed by atoms with van der Waals surface area (Å²) in [4.78, 5) is 25.1. The van der Waals surface area contributed by atoms with Crippen molar-refractivity contribution in [2.45, 2.75) is 251 Å². The van der Waals surface area contributed by atoms with Crippen molar-refractivity contribution >= 4 is 13.8 Å². The SMILES string of the molecule is CCCCC/C=C\CCCCCCCC(=O)OC(COCCCCCCCCCCCCCCCCCCCCCCCCCCC)COP(=O)([O-])OCC[N+](C)(C)C. The summed E-state index contributed by atoms with van der Waals surface area (Å²) in [5, 5.41) is 0. The lowest BCUT2D eigenvalue weighted by Crippen LogP contribution is -2.37. The predicted molar refractivity (Wildman–Crippen MR) is 250 cm³/mol. The van der Waals surface area contributed by atoms with Gasteiger partial charge in [-0.25, -0.2) is 0 Å². The van der Waals surface area contributed by atoms with E-state index < -0.39 is 13.9 Å². The standard InChI is InChI=1S/C50H100NO7P/c1-6-8-10-12-14-16-18-20-21-22-23-24-25-26-27-28-29-30-31-32-34-36-38-40-42-45-55-47-49(48-57-59(53,54)56-46-44-51(3,4)5)58-50(52)43-41-39-37-35-33-19-17-15-13-11-9-7-2/h15,17,49H,6-14,16,18-48H2,1-5H3/b17-15-. The summed E-state index contributed by atoms with van der Waals surface area (Å²) in [7, 11) is 1.36. The lowest BCUT2D eigenvalue weighted by Gasteiger charge is -2.28. The third-order valence-corrected chi connectivity index (χ3v) is 12.3. The Hall–Kier alpha value is -0.760. The molecule has 0 fully saturated rings. The van der Waals surface area contributed by atoms with E-state index in [1.165, 1.54) is 180 Å². The van der Waals surface area contributed by atoms with Gasteiger partial charge in [-0.2, -0.15) is 0 Å². The quantitative estimate of drug-likeness (QED) is 0.0198. The molecular weight excluding hydrogens is 758 g/mol. The molecule has 0 saturated heterocycles. The second-order valence-electron chi connectivity index (χ2n) is 18.5. The van der Waals surface area contributed by atoms with Crippen LogP contribution >= 0.6 is 7.82 Å². The molecule has 0 heterocycles. The van der Waals surface area contributed by atoms with Gasteiger partial charge in [0, 0.05) is 13.0 Å². The first kappa shape index (κ1) is 58.2. The van der Waals surface area contributed by atoms with E-state index in [4.69, 9.17) is 18.5 Å². The van der Waals surface area contributed by atoms with E-state index in [0.717, 1.165) is 44.9 Å². The number of phosphoric acid groups is 1. The van der Waals surface area contributed by atoms with E-state index in [2.05, 4.69) is 26.0 Å². The largest absolute Gasteiger partial charge is 0.756 e. The molecule has 0 radical (unpaired) electrons. The molecule has 0 aromatic rings. The molecule has 0 N–H and O–H groups in total. The van der Waals surface area contributed by atoms with Crippen molar-refractivity contribution in [1.29, 1.82) is 0 Å². The van der Waals surface area contributed by atoms with Crippen molar-refractivity contribution in [3.05, 3.63) is 12.2 Å². The lowest BCUT2D eigenvalue weighted by atomic mass is 10.0. The maximum atomic E-state index is 12.7. The van der Waals surface area contributed by atoms with Gasteiger partial charge in [0.25, 0.3) is 7.82 Å². The number of rotatable bonds is 48. The molecule has 59 heavy (non-hydrogen) atoms. The van der Waals surface area contributed by atoms with Gasteiger partial charge in [0.2, 0.25) is 0 Å². The number of allylic oxidation sites excluding steroid dienone is 2. The molecule has 0 bridgehead atoms. The van der Waals surface area contributed by atoms with Crippen LogP contribution in [-0.2, 0) is 27.9 Å². The molecule has 0 spiro atoms. The third kappa shape index (κ3) is 48.1. The van der Waals surface area contributed by atoms with Crippen LogP contribution in [0.25, 0.3) is 0 Å². The molecule has 9 heteroatoms. The van der Waals surface area contributed by atoms with Crippen molar-refractivity contribution in [1.82, 2.24) is 0 Å². The van der Waals surface area contributed by atoms with Crippen LogP contribution in [0.1, 0.15) is 245 Å². The molecule has 0 rings (SSSR count). The highest BCUT2D eigenvalue weighted by atomic mass is 31.2. The molecule has 0 aromatic carbocycles. The fourth-order valence-corrected chi connectivity index (χ4v) is 8.10. The van der Waals surface area contributed by atoms with E-state index in [1.54, 1.807) is 0 Å². The van der Waals surface area contributed by atoms with E-state index in [0.29, 0.717) is 24.1 Å². The molecule has 2 unspecified atom stereocenters. The summed E-state index contributed by atoms with van der Waals surface area (Å²) in [5.74, 6) is -0.339. The topological polar surface area (TPSA) is 94.1 Å². The summed E-state index contributed by atoms with van der Waals surface area (Å²) in [6.45, 7) is 5.43. The molecule has 352 valence electrons. The number of nitrogens with zero attached hydrogens (tertiary/aromatic N) is 1. The normalized spacial score (nSPS) is 13.7. The molecule has 0 aliphatic carbocycles. The summed E-state index contributed by atoms with van der Waals surface area (Å²) < 4.78 is 34.7. The van der Waals surface area contributed by atoms with Gasteiger partial charge in [0.15, 0.2) is 0 Å². The lowest BCUT2D eigenvalue weighted by molar-refractivity contribution is -0.870. The van der Waals surface area contributed by atoms with E-state index in [1.807, 2.05) is 21.1 Å². The molecule has 0 aromatic heterocycles. The minimum Gasteiger partial charge on any atom is -0.756 e. The van der Waals surface area contributed by atoms with Crippen LogP contribution in [0.4, 0.5) is 0 Å². The van der Waals surface area contributed by atoms with Crippen LogP contribution in [0.5, 0.6) is 0 Å². The number of hydrogen-bond acceptors (Lipinski definition) is 7. The minimum atomic E-state index is -4.52. The van der Waals surface area contributed by atoms with Crippen molar-refractivity contribution in [2.24, 2.45) is 0 Å². The van der Waals surface area contributed by atoms with Crippen LogP contribution in [0.3, 0.4) is 0 Å². The van der Waals surface area contributed by atoms with E-state index >= 15 is 0 Å². The van der Waals surface area contributed by atoms with Gasteiger partial charge in [-0.3, -0.25) is 9.36 Å². The van der Waals surface area contributed by atoms with Crippen LogP contribution in [0, 0.1) is 0 Å². The Labute approximate surface area is 367 Å².